The number of carbonyl (C=O) groups excluding carboxylic acids is 1. The highest BCUT2D eigenvalue weighted by Crippen LogP contribution is 2.34. The van der Waals surface area contributed by atoms with E-state index in [-0.39, 0.29) is 28.7 Å². The summed E-state index contributed by atoms with van der Waals surface area (Å²) in [6.45, 7) is 0.257. The predicted octanol–water partition coefficient (Wildman–Crippen LogP) is 5.41. The number of aryl methyl sites for hydroxylation is 1. The van der Waals surface area contributed by atoms with Gasteiger partial charge in [0.2, 0.25) is 5.91 Å². The number of thioether (sulfide) groups is 1. The van der Waals surface area contributed by atoms with Crippen LogP contribution >= 0.6 is 11.8 Å². The molecule has 7 nitrogen and oxygen atoms in total. The minimum absolute atomic E-state index is 0.243. The van der Waals surface area contributed by atoms with Gasteiger partial charge in [0.15, 0.2) is 16.7 Å². The summed E-state index contributed by atoms with van der Waals surface area (Å²) in [4.78, 5) is 30.5. The lowest BCUT2D eigenvalue weighted by molar-refractivity contribution is -0.137. The van der Waals surface area contributed by atoms with Crippen LogP contribution in [0.1, 0.15) is 11.1 Å². The van der Waals surface area contributed by atoms with E-state index in [1.807, 2.05) is 12.1 Å². The van der Waals surface area contributed by atoms with E-state index in [1.54, 1.807) is 37.4 Å². The normalized spacial score (nSPS) is 11.4. The third-order valence-corrected chi connectivity index (χ3v) is 6.71. The van der Waals surface area contributed by atoms with Crippen LogP contribution in [0.25, 0.3) is 10.9 Å². The molecule has 1 aromatic heterocycles. The van der Waals surface area contributed by atoms with Gasteiger partial charge in [0.25, 0.3) is 5.56 Å². The Morgan fingerprint density at radius 2 is 1.71 bits per heavy atom. The fraction of sp³-hybridized carbons (Fsp3) is 0.222. The Hall–Kier alpha value is -3.99. The molecule has 0 aliphatic rings. The number of hydrogen-bond donors (Lipinski definition) is 1. The van der Waals surface area contributed by atoms with E-state index in [0.717, 1.165) is 23.4 Å². The molecule has 4 aromatic rings. The van der Waals surface area contributed by atoms with E-state index < -0.39 is 17.6 Å². The molecule has 0 spiro atoms. The molecule has 0 aliphatic carbocycles. The van der Waals surface area contributed by atoms with E-state index in [1.165, 1.54) is 29.9 Å². The molecule has 0 saturated heterocycles. The van der Waals surface area contributed by atoms with Crippen LogP contribution in [0.3, 0.4) is 0 Å². The molecule has 11 heteroatoms. The van der Waals surface area contributed by atoms with Gasteiger partial charge in [-0.1, -0.05) is 42.1 Å². The Kier molecular flexibility index (Phi) is 8.26. The lowest BCUT2D eigenvalue weighted by Gasteiger charge is -2.15. The minimum atomic E-state index is -4.61. The number of carbonyl (C=O) groups is 1. The van der Waals surface area contributed by atoms with Crippen molar-refractivity contribution >= 4 is 34.3 Å². The number of para-hydroxylation sites is 2. The van der Waals surface area contributed by atoms with Gasteiger partial charge in [-0.25, -0.2) is 4.98 Å². The number of benzene rings is 3. The SMILES string of the molecule is COc1ccc(CCn2c(SCC(=O)Nc3ccccc3C(F)(F)F)nc3ccccc3c2=O)cc1OC. The van der Waals surface area contributed by atoms with E-state index in [4.69, 9.17) is 9.47 Å². The fourth-order valence-electron chi connectivity index (χ4n) is 3.89. The largest absolute Gasteiger partial charge is 0.493 e. The number of anilines is 1. The van der Waals surface area contributed by atoms with Crippen molar-refractivity contribution in [1.82, 2.24) is 9.55 Å². The number of methoxy groups -OCH3 is 2. The van der Waals surface area contributed by atoms with Crippen molar-refractivity contribution in [2.24, 2.45) is 0 Å². The molecular weight excluding hydrogens is 519 g/mol. The number of alkyl halides is 3. The smallest absolute Gasteiger partial charge is 0.418 e. The maximum Gasteiger partial charge on any atom is 0.418 e. The molecule has 0 saturated carbocycles. The molecule has 0 fully saturated rings. The van der Waals surface area contributed by atoms with E-state index in [0.29, 0.717) is 28.8 Å². The Morgan fingerprint density at radius 1 is 1.00 bits per heavy atom. The summed E-state index contributed by atoms with van der Waals surface area (Å²) in [5.41, 5.74) is -0.191. The number of fused-ring (bicyclic) bond motifs is 1. The molecular formula is C27H24F3N3O4S. The summed E-state index contributed by atoms with van der Waals surface area (Å²) in [6, 6.07) is 17.1. The zero-order valence-electron chi connectivity index (χ0n) is 20.5. The lowest BCUT2D eigenvalue weighted by Crippen LogP contribution is -2.25. The van der Waals surface area contributed by atoms with Gasteiger partial charge in [-0.05, 0) is 48.4 Å². The van der Waals surface area contributed by atoms with Crippen molar-refractivity contribution in [2.75, 3.05) is 25.3 Å². The average molecular weight is 544 g/mol. The van der Waals surface area contributed by atoms with Crippen molar-refractivity contribution in [3.63, 3.8) is 0 Å². The van der Waals surface area contributed by atoms with Crippen molar-refractivity contribution < 1.29 is 27.4 Å². The van der Waals surface area contributed by atoms with Crippen molar-refractivity contribution in [3.8, 4) is 11.5 Å². The molecule has 0 bridgehead atoms. The van der Waals surface area contributed by atoms with Gasteiger partial charge >= 0.3 is 6.18 Å². The summed E-state index contributed by atoms with van der Waals surface area (Å²) in [6.07, 6.45) is -4.15. The molecule has 38 heavy (non-hydrogen) atoms. The van der Waals surface area contributed by atoms with Crippen LogP contribution in [-0.2, 0) is 23.9 Å². The lowest BCUT2D eigenvalue weighted by atomic mass is 10.1. The van der Waals surface area contributed by atoms with Gasteiger partial charge in [0, 0.05) is 6.54 Å². The molecule has 0 atom stereocenters. The number of nitrogens with one attached hydrogen (secondary N) is 1. The van der Waals surface area contributed by atoms with Crippen molar-refractivity contribution in [2.45, 2.75) is 24.3 Å². The van der Waals surface area contributed by atoms with Crippen LogP contribution in [0.2, 0.25) is 0 Å². The molecule has 1 amide bonds. The third-order valence-electron chi connectivity index (χ3n) is 5.74. The van der Waals surface area contributed by atoms with Gasteiger partial charge in [0.1, 0.15) is 0 Å². The van der Waals surface area contributed by atoms with E-state index in [2.05, 4.69) is 10.3 Å². The number of nitrogens with zero attached hydrogens (tertiary/aromatic N) is 2. The predicted molar refractivity (Wildman–Crippen MR) is 140 cm³/mol. The highest BCUT2D eigenvalue weighted by molar-refractivity contribution is 7.99. The fourth-order valence-corrected chi connectivity index (χ4v) is 4.71. The average Bonchev–Trinajstić information content (AvgIpc) is 2.91. The summed E-state index contributed by atoms with van der Waals surface area (Å²) in [7, 11) is 3.07. The van der Waals surface area contributed by atoms with E-state index >= 15 is 0 Å². The molecule has 3 aromatic carbocycles. The topological polar surface area (TPSA) is 82.5 Å². The number of halogens is 3. The highest BCUT2D eigenvalue weighted by atomic mass is 32.2. The second kappa shape index (κ2) is 11.6. The first-order valence-corrected chi connectivity index (χ1v) is 12.5. The van der Waals surface area contributed by atoms with Gasteiger partial charge in [-0.3, -0.25) is 14.2 Å². The molecule has 4 rings (SSSR count). The Morgan fingerprint density at radius 3 is 2.45 bits per heavy atom. The molecule has 0 radical (unpaired) electrons. The van der Waals surface area contributed by atoms with Crippen LogP contribution in [-0.4, -0.2) is 35.4 Å². The Labute approximate surface area is 220 Å². The first-order chi connectivity index (χ1) is 18.2. The third kappa shape index (κ3) is 6.10. The van der Waals surface area contributed by atoms with E-state index in [9.17, 15) is 22.8 Å². The van der Waals surface area contributed by atoms with Crippen LogP contribution < -0.4 is 20.3 Å². The van der Waals surface area contributed by atoms with Crippen LogP contribution in [0.15, 0.2) is 76.7 Å². The number of amides is 1. The monoisotopic (exact) mass is 543 g/mol. The summed E-state index contributed by atoms with van der Waals surface area (Å²) >= 11 is 0.979. The Balaban J connectivity index is 1.57. The van der Waals surface area contributed by atoms with Gasteiger partial charge in [0.05, 0.1) is 42.1 Å². The van der Waals surface area contributed by atoms with Crippen LogP contribution in [0, 0.1) is 0 Å². The Bertz CT molecular complexity index is 1520. The minimum Gasteiger partial charge on any atom is -0.493 e. The number of rotatable bonds is 9. The van der Waals surface area contributed by atoms with Gasteiger partial charge in [-0.15, -0.1) is 0 Å². The molecule has 198 valence electrons. The molecule has 0 aliphatic heterocycles. The van der Waals surface area contributed by atoms with Crippen molar-refractivity contribution in [3.05, 3.63) is 88.2 Å². The van der Waals surface area contributed by atoms with Crippen molar-refractivity contribution in [1.29, 1.82) is 0 Å². The second-order valence-electron chi connectivity index (χ2n) is 8.19. The number of aromatic nitrogens is 2. The number of hydrogen-bond acceptors (Lipinski definition) is 6. The maximum atomic E-state index is 13.3. The first kappa shape index (κ1) is 27.1. The first-order valence-electron chi connectivity index (χ1n) is 11.5. The zero-order chi connectivity index (χ0) is 27.3. The summed E-state index contributed by atoms with van der Waals surface area (Å²) in [5, 5.41) is 3.03. The summed E-state index contributed by atoms with van der Waals surface area (Å²) in [5.74, 6) is 0.239. The molecule has 1 N–H and O–H groups in total. The highest BCUT2D eigenvalue weighted by Gasteiger charge is 2.33. The molecule has 1 heterocycles. The van der Waals surface area contributed by atoms with Gasteiger partial charge < -0.3 is 14.8 Å². The quantitative estimate of drug-likeness (QED) is 0.225. The maximum absolute atomic E-state index is 13.3. The standard InChI is InChI=1S/C27H24F3N3O4S/c1-36-22-12-11-17(15-23(22)37-2)13-14-33-25(35)18-7-3-5-9-20(18)32-26(33)38-16-24(34)31-21-10-6-4-8-19(21)27(28,29)30/h3-12,15H,13-14,16H2,1-2H3,(H,31,34). The second-order valence-corrected chi connectivity index (χ2v) is 9.13. The summed E-state index contributed by atoms with van der Waals surface area (Å²) < 4.78 is 52.0. The molecule has 0 unspecified atom stereocenters. The van der Waals surface area contributed by atoms with Crippen LogP contribution in [0.4, 0.5) is 18.9 Å². The van der Waals surface area contributed by atoms with Gasteiger partial charge in [-0.2, -0.15) is 13.2 Å². The number of ether oxygens (including phenoxy) is 2. The zero-order valence-corrected chi connectivity index (χ0v) is 21.4. The van der Waals surface area contributed by atoms with Crippen LogP contribution in [0.5, 0.6) is 11.5 Å².